The number of rotatable bonds is 4. The molecule has 0 bridgehead atoms. The van der Waals surface area contributed by atoms with Crippen molar-refractivity contribution < 1.29 is 0 Å². The fourth-order valence-electron chi connectivity index (χ4n) is 2.90. The van der Waals surface area contributed by atoms with Crippen LogP contribution in [0.1, 0.15) is 17.2 Å². The first-order chi connectivity index (χ1) is 12.1. The maximum Gasteiger partial charge on any atom is 0.258 e. The molecule has 0 fully saturated rings. The summed E-state index contributed by atoms with van der Waals surface area (Å²) < 4.78 is 1.79. The lowest BCUT2D eigenvalue weighted by Crippen LogP contribution is -2.16. The number of aryl methyl sites for hydroxylation is 2. The number of aromatic nitrogens is 5. The third kappa shape index (κ3) is 2.96. The summed E-state index contributed by atoms with van der Waals surface area (Å²) in [4.78, 5) is 24.0. The number of H-pyrrole nitrogens is 1. The van der Waals surface area contributed by atoms with Crippen LogP contribution in [0.3, 0.4) is 0 Å². The van der Waals surface area contributed by atoms with Gasteiger partial charge in [0.1, 0.15) is 11.6 Å². The predicted molar refractivity (Wildman–Crippen MR) is 97.0 cm³/mol. The molecular formula is C18H18N6O. The molecule has 4 rings (SSSR count). The smallest absolute Gasteiger partial charge is 0.258 e. The predicted octanol–water partition coefficient (Wildman–Crippen LogP) is 2.24. The van der Waals surface area contributed by atoms with Gasteiger partial charge in [-0.3, -0.25) is 4.79 Å². The van der Waals surface area contributed by atoms with Gasteiger partial charge < -0.3 is 10.3 Å². The summed E-state index contributed by atoms with van der Waals surface area (Å²) in [5.74, 6) is 1.54. The van der Waals surface area contributed by atoms with E-state index in [1.807, 2.05) is 44.2 Å². The minimum Gasteiger partial charge on any atom is -0.369 e. The zero-order chi connectivity index (χ0) is 17.4. The van der Waals surface area contributed by atoms with Gasteiger partial charge in [-0.2, -0.15) is 9.61 Å². The first kappa shape index (κ1) is 15.3. The SMILES string of the molecule is Cc1cc(NCCc2nc3ccccc3c(=O)[nH]2)n2nc(C)cc2n1. The van der Waals surface area contributed by atoms with Gasteiger partial charge in [0.15, 0.2) is 5.65 Å². The van der Waals surface area contributed by atoms with Gasteiger partial charge in [-0.1, -0.05) is 12.1 Å². The van der Waals surface area contributed by atoms with Crippen LogP contribution in [0.2, 0.25) is 0 Å². The van der Waals surface area contributed by atoms with E-state index in [2.05, 4.69) is 25.4 Å². The summed E-state index contributed by atoms with van der Waals surface area (Å²) in [6, 6.07) is 11.2. The Balaban J connectivity index is 1.56. The quantitative estimate of drug-likeness (QED) is 0.597. The molecule has 0 aliphatic rings. The molecule has 0 atom stereocenters. The van der Waals surface area contributed by atoms with Crippen molar-refractivity contribution in [3.63, 3.8) is 0 Å². The summed E-state index contributed by atoms with van der Waals surface area (Å²) >= 11 is 0. The number of hydrogen-bond acceptors (Lipinski definition) is 5. The molecule has 4 aromatic rings. The Morgan fingerprint density at radius 3 is 2.84 bits per heavy atom. The molecule has 126 valence electrons. The first-order valence-corrected chi connectivity index (χ1v) is 8.16. The van der Waals surface area contributed by atoms with E-state index < -0.39 is 0 Å². The zero-order valence-corrected chi connectivity index (χ0v) is 14.1. The van der Waals surface area contributed by atoms with E-state index >= 15 is 0 Å². The van der Waals surface area contributed by atoms with Crippen molar-refractivity contribution >= 4 is 22.4 Å². The number of para-hydroxylation sites is 1. The minimum absolute atomic E-state index is 0.106. The maximum absolute atomic E-state index is 12.1. The molecule has 0 spiro atoms. The molecule has 1 aromatic carbocycles. The molecule has 2 N–H and O–H groups in total. The molecule has 0 aliphatic heterocycles. The topological polar surface area (TPSA) is 88.0 Å². The van der Waals surface area contributed by atoms with Crippen molar-refractivity contribution in [2.24, 2.45) is 0 Å². The molecule has 0 radical (unpaired) electrons. The van der Waals surface area contributed by atoms with Crippen molar-refractivity contribution in [1.29, 1.82) is 0 Å². The zero-order valence-electron chi connectivity index (χ0n) is 14.1. The molecule has 0 amide bonds. The van der Waals surface area contributed by atoms with E-state index in [0.717, 1.165) is 22.9 Å². The molecule has 3 heterocycles. The normalized spacial score (nSPS) is 11.3. The molecule has 0 aliphatic carbocycles. The number of nitrogens with zero attached hydrogens (tertiary/aromatic N) is 4. The second-order valence-electron chi connectivity index (χ2n) is 6.05. The average Bonchev–Trinajstić information content (AvgIpc) is 2.95. The van der Waals surface area contributed by atoms with Crippen LogP contribution in [0.25, 0.3) is 16.6 Å². The lowest BCUT2D eigenvalue weighted by Gasteiger charge is -2.09. The lowest BCUT2D eigenvalue weighted by molar-refractivity contribution is 0.863. The second-order valence-corrected chi connectivity index (χ2v) is 6.05. The number of hydrogen-bond donors (Lipinski definition) is 2. The Morgan fingerprint density at radius 2 is 1.96 bits per heavy atom. The Bertz CT molecular complexity index is 1130. The van der Waals surface area contributed by atoms with Crippen molar-refractivity contribution in [3.8, 4) is 0 Å². The van der Waals surface area contributed by atoms with Gasteiger partial charge in [0, 0.05) is 30.8 Å². The molecule has 25 heavy (non-hydrogen) atoms. The van der Waals surface area contributed by atoms with E-state index in [4.69, 9.17) is 0 Å². The van der Waals surface area contributed by atoms with Crippen LogP contribution in [-0.4, -0.2) is 31.1 Å². The molecule has 3 aromatic heterocycles. The fraction of sp³-hybridized carbons (Fsp3) is 0.222. The van der Waals surface area contributed by atoms with Gasteiger partial charge in [-0.15, -0.1) is 0 Å². The largest absolute Gasteiger partial charge is 0.369 e. The van der Waals surface area contributed by atoms with E-state index in [1.54, 1.807) is 10.6 Å². The molecular weight excluding hydrogens is 316 g/mol. The highest BCUT2D eigenvalue weighted by Crippen LogP contribution is 2.13. The summed E-state index contributed by atoms with van der Waals surface area (Å²) in [6.07, 6.45) is 0.600. The van der Waals surface area contributed by atoms with E-state index in [9.17, 15) is 4.79 Å². The van der Waals surface area contributed by atoms with Gasteiger partial charge in [-0.25, -0.2) is 9.97 Å². The van der Waals surface area contributed by atoms with E-state index in [-0.39, 0.29) is 5.56 Å². The van der Waals surface area contributed by atoms with Crippen molar-refractivity contribution in [2.75, 3.05) is 11.9 Å². The van der Waals surface area contributed by atoms with Crippen molar-refractivity contribution in [2.45, 2.75) is 20.3 Å². The van der Waals surface area contributed by atoms with Crippen LogP contribution in [0, 0.1) is 13.8 Å². The van der Waals surface area contributed by atoms with Gasteiger partial charge >= 0.3 is 0 Å². The lowest BCUT2D eigenvalue weighted by atomic mass is 10.2. The highest BCUT2D eigenvalue weighted by molar-refractivity contribution is 5.77. The summed E-state index contributed by atoms with van der Waals surface area (Å²) in [6.45, 7) is 4.52. The number of fused-ring (bicyclic) bond motifs is 2. The molecule has 0 saturated carbocycles. The van der Waals surface area contributed by atoms with E-state index in [0.29, 0.717) is 29.7 Å². The van der Waals surface area contributed by atoms with Crippen LogP contribution in [-0.2, 0) is 6.42 Å². The molecule has 0 saturated heterocycles. The number of aromatic amines is 1. The van der Waals surface area contributed by atoms with E-state index in [1.165, 1.54) is 0 Å². The summed E-state index contributed by atoms with van der Waals surface area (Å²) in [5.41, 5.74) is 3.27. The second kappa shape index (κ2) is 6.01. The van der Waals surface area contributed by atoms with Gasteiger partial charge in [-0.05, 0) is 26.0 Å². The van der Waals surface area contributed by atoms with Gasteiger partial charge in [0.2, 0.25) is 0 Å². The van der Waals surface area contributed by atoms with Crippen molar-refractivity contribution in [3.05, 3.63) is 64.0 Å². The minimum atomic E-state index is -0.106. The Kier molecular flexibility index (Phi) is 3.68. The molecule has 0 unspecified atom stereocenters. The summed E-state index contributed by atoms with van der Waals surface area (Å²) in [5, 5.41) is 8.42. The highest BCUT2D eigenvalue weighted by atomic mass is 16.1. The first-order valence-electron chi connectivity index (χ1n) is 8.16. The van der Waals surface area contributed by atoms with Crippen LogP contribution in [0.5, 0.6) is 0 Å². The van der Waals surface area contributed by atoms with Crippen molar-refractivity contribution in [1.82, 2.24) is 24.6 Å². The fourth-order valence-corrected chi connectivity index (χ4v) is 2.90. The Hall–Kier alpha value is -3.22. The number of anilines is 1. The van der Waals surface area contributed by atoms with Crippen LogP contribution >= 0.6 is 0 Å². The van der Waals surface area contributed by atoms with Gasteiger partial charge in [0.05, 0.1) is 16.6 Å². The number of nitrogens with one attached hydrogen (secondary N) is 2. The third-order valence-corrected chi connectivity index (χ3v) is 4.01. The average molecular weight is 334 g/mol. The van der Waals surface area contributed by atoms with Crippen LogP contribution in [0.15, 0.2) is 41.2 Å². The molecule has 7 heteroatoms. The Labute approximate surface area is 143 Å². The Morgan fingerprint density at radius 1 is 1.12 bits per heavy atom. The van der Waals surface area contributed by atoms with Crippen LogP contribution < -0.4 is 10.9 Å². The highest BCUT2D eigenvalue weighted by Gasteiger charge is 2.07. The summed E-state index contributed by atoms with van der Waals surface area (Å²) in [7, 11) is 0. The monoisotopic (exact) mass is 334 g/mol. The van der Waals surface area contributed by atoms with Crippen LogP contribution in [0.4, 0.5) is 5.82 Å². The molecule has 7 nitrogen and oxygen atoms in total. The van der Waals surface area contributed by atoms with Gasteiger partial charge in [0.25, 0.3) is 5.56 Å². The number of benzene rings is 1. The maximum atomic E-state index is 12.1. The third-order valence-electron chi connectivity index (χ3n) is 4.01. The standard InChI is InChI=1S/C18H18N6O/c1-11-9-16(24-17(20-11)10-12(2)23-24)19-8-7-15-21-14-6-4-3-5-13(14)18(25)22-15/h3-6,9-10,19H,7-8H2,1-2H3,(H,21,22,25).